The molecule has 3 aromatic rings. The highest BCUT2D eigenvalue weighted by atomic mass is 35.5. The van der Waals surface area contributed by atoms with Crippen LogP contribution in [0.3, 0.4) is 0 Å². The molecule has 0 radical (unpaired) electrons. The molecule has 3 aromatic heterocycles. The number of nitrogens with zero attached hydrogens (tertiary/aromatic N) is 5. The van der Waals surface area contributed by atoms with E-state index in [2.05, 4.69) is 37.2 Å². The Bertz CT molecular complexity index is 1330. The van der Waals surface area contributed by atoms with Gasteiger partial charge in [-0.05, 0) is 45.0 Å². The molecule has 0 amide bonds. The number of hydrogen-bond donors (Lipinski definition) is 1. The zero-order valence-electron chi connectivity index (χ0n) is 21.5. The van der Waals surface area contributed by atoms with E-state index in [-0.39, 0.29) is 35.1 Å². The highest BCUT2D eigenvalue weighted by molar-refractivity contribution is 7.13. The monoisotopic (exact) mass is 580 g/mol. The molecule has 1 atom stereocenters. The molecule has 39 heavy (non-hydrogen) atoms. The summed E-state index contributed by atoms with van der Waals surface area (Å²) in [5, 5.41) is 3.36. The van der Waals surface area contributed by atoms with Crippen LogP contribution in [0.1, 0.15) is 68.5 Å². The number of pyridine rings is 1. The van der Waals surface area contributed by atoms with Crippen molar-refractivity contribution in [3.63, 3.8) is 0 Å². The molecule has 0 saturated carbocycles. The summed E-state index contributed by atoms with van der Waals surface area (Å²) in [6.45, 7) is 4.74. The number of anilines is 1. The van der Waals surface area contributed by atoms with Crippen LogP contribution in [0.2, 0.25) is 5.02 Å². The van der Waals surface area contributed by atoms with Gasteiger partial charge < -0.3 is 10.2 Å². The largest absolute Gasteiger partial charge is 0.417 e. The van der Waals surface area contributed by atoms with Crippen LogP contribution in [-0.2, 0) is 12.6 Å². The maximum Gasteiger partial charge on any atom is 0.417 e. The fraction of sp³-hybridized carbons (Fsp3) is 0.462. The van der Waals surface area contributed by atoms with Gasteiger partial charge in [0.25, 0.3) is 0 Å². The molecule has 4 heterocycles. The summed E-state index contributed by atoms with van der Waals surface area (Å²) in [5.74, 6) is 0.266. The number of alkyl halides is 3. The molecule has 8 nitrogen and oxygen atoms in total. The predicted molar refractivity (Wildman–Crippen MR) is 143 cm³/mol. The van der Waals surface area contributed by atoms with E-state index in [0.717, 1.165) is 56.1 Å². The third kappa shape index (κ3) is 7.80. The minimum atomic E-state index is -4.65. The normalized spacial score (nSPS) is 15.7. The minimum Gasteiger partial charge on any atom is -0.370 e. The van der Waals surface area contributed by atoms with Crippen molar-refractivity contribution in [3.8, 4) is 0 Å². The molecule has 0 bridgehead atoms. The highest BCUT2D eigenvalue weighted by Gasteiger charge is 2.34. The maximum absolute atomic E-state index is 13.1. The van der Waals surface area contributed by atoms with Gasteiger partial charge in [-0.1, -0.05) is 18.5 Å². The number of likely N-dealkylation sites (tertiary alicyclic amines) is 1. The standard InChI is InChI=1S/C26H28ClF3N6O2S/c1-15(7-21(37)20-10-24(35-14-34-20)32-11-16-3-5-36(2)6-4-16)25-33-13-23(39-25)22(38)9-17-8-18(26(28,29)30)19(27)12-31-17/h8,10,12-16H,3-7,9,11H2,1-2H3,(H,32,34,35). The summed E-state index contributed by atoms with van der Waals surface area (Å²) in [4.78, 5) is 44.7. The Labute approximate surface area is 233 Å². The van der Waals surface area contributed by atoms with Gasteiger partial charge in [0, 0.05) is 43.0 Å². The van der Waals surface area contributed by atoms with E-state index in [0.29, 0.717) is 22.4 Å². The summed E-state index contributed by atoms with van der Waals surface area (Å²) in [7, 11) is 2.12. The van der Waals surface area contributed by atoms with Crippen LogP contribution in [0.15, 0.2) is 30.9 Å². The lowest BCUT2D eigenvalue weighted by Crippen LogP contribution is -2.33. The van der Waals surface area contributed by atoms with Gasteiger partial charge in [-0.15, -0.1) is 11.3 Å². The van der Waals surface area contributed by atoms with Crippen molar-refractivity contribution >= 4 is 40.3 Å². The zero-order chi connectivity index (χ0) is 28.2. The summed E-state index contributed by atoms with van der Waals surface area (Å²) in [5.41, 5.74) is -0.784. The van der Waals surface area contributed by atoms with Crippen molar-refractivity contribution in [3.05, 3.63) is 62.7 Å². The molecule has 4 rings (SSSR count). The molecule has 13 heteroatoms. The lowest BCUT2D eigenvalue weighted by atomic mass is 9.97. The molecule has 0 aliphatic carbocycles. The summed E-state index contributed by atoms with van der Waals surface area (Å²) in [6.07, 6.45) is 1.00. The third-order valence-corrected chi connectivity index (χ3v) is 8.20. The molecule has 1 unspecified atom stereocenters. The van der Waals surface area contributed by atoms with Crippen molar-refractivity contribution in [2.75, 3.05) is 32.0 Å². The average molecular weight is 581 g/mol. The molecule has 208 valence electrons. The number of carbonyl (C=O) groups excluding carboxylic acids is 2. The fourth-order valence-electron chi connectivity index (χ4n) is 4.28. The van der Waals surface area contributed by atoms with E-state index in [1.54, 1.807) is 6.07 Å². The number of halogens is 4. The lowest BCUT2D eigenvalue weighted by molar-refractivity contribution is -0.137. The van der Waals surface area contributed by atoms with Crippen LogP contribution in [0, 0.1) is 5.92 Å². The Morgan fingerprint density at radius 1 is 1.13 bits per heavy atom. The number of piperidine rings is 1. The van der Waals surface area contributed by atoms with Gasteiger partial charge in [-0.2, -0.15) is 13.2 Å². The molecular formula is C26H28ClF3N6O2S. The number of ketones is 2. The number of carbonyl (C=O) groups is 2. The Kier molecular flexibility index (Phi) is 9.29. The van der Waals surface area contributed by atoms with Gasteiger partial charge in [0.05, 0.1) is 26.9 Å². The van der Waals surface area contributed by atoms with Crippen LogP contribution in [0.4, 0.5) is 19.0 Å². The lowest BCUT2D eigenvalue weighted by Gasteiger charge is -2.29. The predicted octanol–water partition coefficient (Wildman–Crippen LogP) is 5.56. The van der Waals surface area contributed by atoms with Gasteiger partial charge in [0.1, 0.15) is 17.8 Å². The van der Waals surface area contributed by atoms with Gasteiger partial charge in [-0.25, -0.2) is 15.0 Å². The number of Topliss-reactive ketones (excluding diaryl/α,β-unsaturated/α-hetero) is 2. The SMILES string of the molecule is CC(CC(=O)c1cc(NCC2CCN(C)CC2)ncn1)c1ncc(C(=O)Cc2cc(C(F)(F)F)c(Cl)cn2)s1. The van der Waals surface area contributed by atoms with Crippen LogP contribution in [-0.4, -0.2) is 63.1 Å². The molecule has 1 aliphatic rings. The van der Waals surface area contributed by atoms with E-state index in [1.165, 1.54) is 12.5 Å². The second-order valence-corrected chi connectivity index (χ2v) is 11.2. The van der Waals surface area contributed by atoms with E-state index >= 15 is 0 Å². The Balaban J connectivity index is 1.33. The number of nitrogens with one attached hydrogen (secondary N) is 1. The van der Waals surface area contributed by atoms with Gasteiger partial charge in [0.15, 0.2) is 11.6 Å². The highest BCUT2D eigenvalue weighted by Crippen LogP contribution is 2.35. The van der Waals surface area contributed by atoms with Crippen molar-refractivity contribution in [2.45, 2.75) is 44.7 Å². The van der Waals surface area contributed by atoms with Crippen molar-refractivity contribution in [1.82, 2.24) is 24.8 Å². The van der Waals surface area contributed by atoms with Gasteiger partial charge in [-0.3, -0.25) is 14.6 Å². The second-order valence-electron chi connectivity index (χ2n) is 9.76. The van der Waals surface area contributed by atoms with Crippen molar-refractivity contribution < 1.29 is 22.8 Å². The molecule has 0 aromatic carbocycles. The molecule has 1 N–H and O–H groups in total. The van der Waals surface area contributed by atoms with Gasteiger partial charge >= 0.3 is 6.18 Å². The second kappa shape index (κ2) is 12.5. The first kappa shape index (κ1) is 29.0. The molecule has 0 spiro atoms. The quantitative estimate of drug-likeness (QED) is 0.311. The fourth-order valence-corrected chi connectivity index (χ4v) is 5.40. The molecular weight excluding hydrogens is 553 g/mol. The van der Waals surface area contributed by atoms with E-state index in [1.807, 2.05) is 6.92 Å². The number of aromatic nitrogens is 4. The summed E-state index contributed by atoms with van der Waals surface area (Å²) < 4.78 is 39.3. The summed E-state index contributed by atoms with van der Waals surface area (Å²) in [6, 6.07) is 2.43. The topological polar surface area (TPSA) is 101 Å². The Hall–Kier alpha value is -2.96. The molecule has 1 aliphatic heterocycles. The number of thiazole rings is 1. The summed E-state index contributed by atoms with van der Waals surface area (Å²) >= 11 is 6.71. The van der Waals surface area contributed by atoms with Crippen LogP contribution in [0.25, 0.3) is 0 Å². The van der Waals surface area contributed by atoms with Gasteiger partial charge in [0.2, 0.25) is 0 Å². The third-order valence-electron chi connectivity index (χ3n) is 6.63. The smallest absolute Gasteiger partial charge is 0.370 e. The van der Waals surface area contributed by atoms with Crippen LogP contribution in [0.5, 0.6) is 0 Å². The first-order chi connectivity index (χ1) is 18.5. The van der Waals surface area contributed by atoms with Crippen LogP contribution < -0.4 is 5.32 Å². The first-order valence-corrected chi connectivity index (χ1v) is 13.7. The molecule has 1 saturated heterocycles. The first-order valence-electron chi connectivity index (χ1n) is 12.5. The maximum atomic E-state index is 13.1. The number of rotatable bonds is 10. The number of hydrogen-bond acceptors (Lipinski definition) is 9. The Morgan fingerprint density at radius 3 is 2.59 bits per heavy atom. The van der Waals surface area contributed by atoms with E-state index in [9.17, 15) is 22.8 Å². The van der Waals surface area contributed by atoms with Crippen LogP contribution >= 0.6 is 22.9 Å². The van der Waals surface area contributed by atoms with E-state index in [4.69, 9.17) is 11.6 Å². The Morgan fingerprint density at radius 2 is 1.87 bits per heavy atom. The zero-order valence-corrected chi connectivity index (χ0v) is 23.0. The van der Waals surface area contributed by atoms with Crippen molar-refractivity contribution in [1.29, 1.82) is 0 Å². The van der Waals surface area contributed by atoms with E-state index < -0.39 is 22.5 Å². The molecule has 1 fully saturated rings. The van der Waals surface area contributed by atoms with Crippen molar-refractivity contribution in [2.24, 2.45) is 5.92 Å². The minimum absolute atomic E-state index is 0.0427. The average Bonchev–Trinajstić information content (AvgIpc) is 3.40.